The zero-order valence-corrected chi connectivity index (χ0v) is 19.2. The third-order valence-electron chi connectivity index (χ3n) is 5.52. The monoisotopic (exact) mass is 467 g/mol. The quantitative estimate of drug-likeness (QED) is 0.549. The second kappa shape index (κ2) is 9.63. The molecule has 0 aliphatic carbocycles. The molecule has 1 aliphatic rings. The number of halogens is 2. The van der Waals surface area contributed by atoms with Crippen LogP contribution in [-0.2, 0) is 0 Å². The molecular formula is C25H23Cl2N3O2. The Labute approximate surface area is 197 Å². The van der Waals surface area contributed by atoms with Gasteiger partial charge in [-0.05, 0) is 61.0 Å². The number of benzene rings is 3. The van der Waals surface area contributed by atoms with Gasteiger partial charge in [-0.25, -0.2) is 0 Å². The fourth-order valence-corrected chi connectivity index (χ4v) is 4.22. The van der Waals surface area contributed by atoms with Gasteiger partial charge in [0.05, 0.1) is 22.0 Å². The van der Waals surface area contributed by atoms with Crippen LogP contribution in [0.3, 0.4) is 0 Å². The number of anilines is 2. The topological polar surface area (TPSA) is 52.7 Å². The number of carbonyl (C=O) groups excluding carboxylic acids is 2. The molecule has 0 bridgehead atoms. The smallest absolute Gasteiger partial charge is 0.257 e. The SMILES string of the molecule is Cc1ccc(C(=O)Nc2ccccc2N2CCN(C(=O)c3ccc(Cl)cc3)CC2)c(Cl)c1. The van der Waals surface area contributed by atoms with Crippen molar-refractivity contribution in [3.63, 3.8) is 0 Å². The maximum absolute atomic E-state index is 12.8. The Balaban J connectivity index is 1.45. The van der Waals surface area contributed by atoms with Gasteiger partial charge in [0.1, 0.15) is 0 Å². The lowest BCUT2D eigenvalue weighted by molar-refractivity contribution is 0.0746. The molecule has 0 unspecified atom stereocenters. The summed E-state index contributed by atoms with van der Waals surface area (Å²) in [6.45, 7) is 4.44. The Kier molecular flexibility index (Phi) is 6.68. The lowest BCUT2D eigenvalue weighted by Crippen LogP contribution is -2.49. The van der Waals surface area contributed by atoms with Gasteiger partial charge in [0.2, 0.25) is 0 Å². The fraction of sp³-hybridized carbons (Fsp3) is 0.200. The van der Waals surface area contributed by atoms with Crippen molar-refractivity contribution in [1.29, 1.82) is 0 Å². The van der Waals surface area contributed by atoms with Crippen molar-refractivity contribution < 1.29 is 9.59 Å². The van der Waals surface area contributed by atoms with E-state index in [0.29, 0.717) is 53.0 Å². The van der Waals surface area contributed by atoms with E-state index in [1.54, 1.807) is 36.4 Å². The van der Waals surface area contributed by atoms with Crippen LogP contribution in [0.5, 0.6) is 0 Å². The van der Waals surface area contributed by atoms with E-state index in [-0.39, 0.29) is 11.8 Å². The van der Waals surface area contributed by atoms with Gasteiger partial charge in [-0.1, -0.05) is 41.4 Å². The Bertz CT molecular complexity index is 1140. The number of hydrogen-bond donors (Lipinski definition) is 1. The van der Waals surface area contributed by atoms with Crippen LogP contribution < -0.4 is 10.2 Å². The van der Waals surface area contributed by atoms with E-state index in [9.17, 15) is 9.59 Å². The van der Waals surface area contributed by atoms with E-state index in [4.69, 9.17) is 23.2 Å². The summed E-state index contributed by atoms with van der Waals surface area (Å²) in [5, 5.41) is 4.02. The molecule has 2 amide bonds. The number of nitrogens with one attached hydrogen (secondary N) is 1. The number of rotatable bonds is 4. The molecule has 1 aliphatic heterocycles. The highest BCUT2D eigenvalue weighted by Gasteiger charge is 2.24. The summed E-state index contributed by atoms with van der Waals surface area (Å²) in [5.74, 6) is -0.254. The molecule has 1 N–H and O–H groups in total. The highest BCUT2D eigenvalue weighted by Crippen LogP contribution is 2.28. The van der Waals surface area contributed by atoms with Crippen LogP contribution in [0.4, 0.5) is 11.4 Å². The number of piperazine rings is 1. The summed E-state index contributed by atoms with van der Waals surface area (Å²) in [4.78, 5) is 29.6. The Hall–Kier alpha value is -3.02. The zero-order valence-electron chi connectivity index (χ0n) is 17.6. The van der Waals surface area contributed by atoms with Crippen LogP contribution in [0, 0.1) is 6.92 Å². The number of aryl methyl sites for hydroxylation is 1. The van der Waals surface area contributed by atoms with Gasteiger partial charge in [0, 0.05) is 36.8 Å². The highest BCUT2D eigenvalue weighted by molar-refractivity contribution is 6.34. The second-order valence-electron chi connectivity index (χ2n) is 7.74. The predicted octanol–water partition coefficient (Wildman–Crippen LogP) is 5.52. The van der Waals surface area contributed by atoms with Gasteiger partial charge in [-0.2, -0.15) is 0 Å². The maximum atomic E-state index is 12.8. The molecule has 0 saturated carbocycles. The normalized spacial score (nSPS) is 13.7. The molecule has 0 spiro atoms. The maximum Gasteiger partial charge on any atom is 0.257 e. The molecule has 5 nitrogen and oxygen atoms in total. The first kappa shape index (κ1) is 22.2. The lowest BCUT2D eigenvalue weighted by Gasteiger charge is -2.37. The second-order valence-corrected chi connectivity index (χ2v) is 8.58. The van der Waals surface area contributed by atoms with Crippen LogP contribution >= 0.6 is 23.2 Å². The molecule has 0 radical (unpaired) electrons. The van der Waals surface area contributed by atoms with Crippen molar-refractivity contribution >= 4 is 46.4 Å². The first-order valence-electron chi connectivity index (χ1n) is 10.4. The van der Waals surface area contributed by atoms with Gasteiger partial charge >= 0.3 is 0 Å². The van der Waals surface area contributed by atoms with Crippen LogP contribution in [0.2, 0.25) is 10.0 Å². The number of hydrogen-bond acceptors (Lipinski definition) is 3. The third kappa shape index (κ3) is 4.90. The van der Waals surface area contributed by atoms with Crippen molar-refractivity contribution in [3.05, 3.63) is 93.5 Å². The van der Waals surface area contributed by atoms with Crippen molar-refractivity contribution in [2.24, 2.45) is 0 Å². The number of para-hydroxylation sites is 2. The molecule has 1 fully saturated rings. The van der Waals surface area contributed by atoms with E-state index >= 15 is 0 Å². The Morgan fingerprint density at radius 3 is 2.25 bits per heavy atom. The molecule has 3 aromatic rings. The fourth-order valence-electron chi connectivity index (χ4n) is 3.77. The zero-order chi connectivity index (χ0) is 22.7. The highest BCUT2D eigenvalue weighted by atomic mass is 35.5. The minimum Gasteiger partial charge on any atom is -0.366 e. The summed E-state index contributed by atoms with van der Waals surface area (Å²) in [6.07, 6.45) is 0. The third-order valence-corrected chi connectivity index (χ3v) is 6.08. The molecule has 1 saturated heterocycles. The molecule has 32 heavy (non-hydrogen) atoms. The van der Waals surface area contributed by atoms with Crippen molar-refractivity contribution in [2.75, 3.05) is 36.4 Å². The van der Waals surface area contributed by atoms with Crippen LogP contribution in [0.1, 0.15) is 26.3 Å². The van der Waals surface area contributed by atoms with Gasteiger partial charge < -0.3 is 15.1 Å². The minimum atomic E-state index is -0.251. The Morgan fingerprint density at radius 2 is 1.56 bits per heavy atom. The molecule has 0 atom stereocenters. The summed E-state index contributed by atoms with van der Waals surface area (Å²) in [7, 11) is 0. The molecule has 3 aromatic carbocycles. The molecule has 1 heterocycles. The van der Waals surface area contributed by atoms with Crippen LogP contribution in [0.25, 0.3) is 0 Å². The average Bonchev–Trinajstić information content (AvgIpc) is 2.79. The first-order chi connectivity index (χ1) is 15.4. The van der Waals surface area contributed by atoms with E-state index in [1.807, 2.05) is 42.2 Å². The van der Waals surface area contributed by atoms with Crippen LogP contribution in [0.15, 0.2) is 66.7 Å². The summed E-state index contributed by atoms with van der Waals surface area (Å²) >= 11 is 12.2. The molecule has 0 aromatic heterocycles. The van der Waals surface area contributed by atoms with Gasteiger partial charge in [0.15, 0.2) is 0 Å². The first-order valence-corrected chi connectivity index (χ1v) is 11.1. The largest absolute Gasteiger partial charge is 0.366 e. The van der Waals surface area contributed by atoms with Crippen LogP contribution in [-0.4, -0.2) is 42.9 Å². The Morgan fingerprint density at radius 1 is 0.875 bits per heavy atom. The number of carbonyl (C=O) groups is 2. The van der Waals surface area contributed by atoms with E-state index < -0.39 is 0 Å². The van der Waals surface area contributed by atoms with Crippen molar-refractivity contribution in [3.8, 4) is 0 Å². The number of nitrogens with zero attached hydrogens (tertiary/aromatic N) is 2. The molecule has 7 heteroatoms. The molecule has 164 valence electrons. The standard InChI is InChI=1S/C25H23Cl2N3O2/c1-17-6-11-20(21(27)16-17)24(31)28-22-4-2-3-5-23(22)29-12-14-30(15-13-29)25(32)18-7-9-19(26)10-8-18/h2-11,16H,12-15H2,1H3,(H,28,31). The minimum absolute atomic E-state index is 0.00285. The molecular weight excluding hydrogens is 445 g/mol. The summed E-state index contributed by atoms with van der Waals surface area (Å²) in [6, 6.07) is 20.0. The van der Waals surface area contributed by atoms with Gasteiger partial charge in [0.25, 0.3) is 11.8 Å². The van der Waals surface area contributed by atoms with E-state index in [0.717, 1.165) is 11.3 Å². The van der Waals surface area contributed by atoms with Crippen molar-refractivity contribution in [2.45, 2.75) is 6.92 Å². The molecule has 4 rings (SSSR count). The van der Waals surface area contributed by atoms with E-state index in [1.165, 1.54) is 0 Å². The van der Waals surface area contributed by atoms with Gasteiger partial charge in [-0.15, -0.1) is 0 Å². The van der Waals surface area contributed by atoms with Gasteiger partial charge in [-0.3, -0.25) is 9.59 Å². The number of amides is 2. The summed E-state index contributed by atoms with van der Waals surface area (Å²) in [5.41, 5.74) is 3.70. The predicted molar refractivity (Wildman–Crippen MR) is 130 cm³/mol. The average molecular weight is 468 g/mol. The summed E-state index contributed by atoms with van der Waals surface area (Å²) < 4.78 is 0. The lowest BCUT2D eigenvalue weighted by atomic mass is 10.1. The van der Waals surface area contributed by atoms with Crippen molar-refractivity contribution in [1.82, 2.24) is 4.90 Å². The van der Waals surface area contributed by atoms with E-state index in [2.05, 4.69) is 10.2 Å².